The molecule has 0 fully saturated rings. The monoisotopic (exact) mass is 242 g/mol. The Morgan fingerprint density at radius 2 is 1.88 bits per heavy atom. The molecule has 0 bridgehead atoms. The highest BCUT2D eigenvalue weighted by molar-refractivity contribution is 5.99. The van der Waals surface area contributed by atoms with Gasteiger partial charge in [-0.15, -0.1) is 0 Å². The van der Waals surface area contributed by atoms with E-state index in [0.717, 1.165) is 12.1 Å². The summed E-state index contributed by atoms with van der Waals surface area (Å²) in [6, 6.07) is 1.66. The minimum atomic E-state index is -1.07. The van der Waals surface area contributed by atoms with Crippen molar-refractivity contribution in [1.29, 1.82) is 0 Å². The molecule has 0 aliphatic carbocycles. The topological polar surface area (TPSA) is 46.3 Å². The maximum Gasteiger partial charge on any atom is 0.255 e. The molecule has 0 unspecified atom stereocenters. The van der Waals surface area contributed by atoms with Crippen LogP contribution in [-0.4, -0.2) is 24.4 Å². The van der Waals surface area contributed by atoms with Crippen molar-refractivity contribution in [3.8, 4) is 0 Å². The lowest BCUT2D eigenvalue weighted by atomic mass is 10.1. The van der Waals surface area contributed by atoms with E-state index in [1.165, 1.54) is 4.90 Å². The lowest BCUT2D eigenvalue weighted by Crippen LogP contribution is -2.31. The quantitative estimate of drug-likeness (QED) is 0.826. The first-order valence-corrected chi connectivity index (χ1v) is 5.33. The number of amides is 1. The van der Waals surface area contributed by atoms with Gasteiger partial charge in [-0.05, 0) is 12.0 Å². The highest BCUT2D eigenvalue weighted by Gasteiger charge is 2.18. The molecule has 1 aromatic carbocycles. The Bertz CT molecular complexity index is 433. The predicted octanol–water partition coefficient (Wildman–Crippen LogP) is 2.28. The minimum absolute atomic E-state index is 0.00736. The van der Waals surface area contributed by atoms with E-state index in [4.69, 9.17) is 5.73 Å². The smallest absolute Gasteiger partial charge is 0.255 e. The van der Waals surface area contributed by atoms with E-state index < -0.39 is 17.5 Å². The van der Waals surface area contributed by atoms with Gasteiger partial charge >= 0.3 is 0 Å². The number of rotatable bonds is 3. The Labute approximate surface area is 99.2 Å². The van der Waals surface area contributed by atoms with Crippen LogP contribution in [0.5, 0.6) is 0 Å². The van der Waals surface area contributed by atoms with Crippen molar-refractivity contribution in [3.05, 3.63) is 29.3 Å². The number of carbonyl (C=O) groups excluding carboxylic acids is 1. The first kappa shape index (κ1) is 13.4. The van der Waals surface area contributed by atoms with Gasteiger partial charge in [-0.25, -0.2) is 8.78 Å². The van der Waals surface area contributed by atoms with Gasteiger partial charge in [0.1, 0.15) is 0 Å². The summed E-state index contributed by atoms with van der Waals surface area (Å²) in [4.78, 5) is 13.4. The highest BCUT2D eigenvalue weighted by atomic mass is 19.2. The summed E-state index contributed by atoms with van der Waals surface area (Å²) in [6.45, 7) is 4.44. The SMILES string of the molecule is CC(C)CN(C)C(=O)c1cc(F)c(F)cc1N. The second-order valence-corrected chi connectivity index (χ2v) is 4.43. The molecule has 3 nitrogen and oxygen atoms in total. The number of hydrogen-bond acceptors (Lipinski definition) is 2. The number of benzene rings is 1. The average Bonchev–Trinajstić information content (AvgIpc) is 2.21. The number of hydrogen-bond donors (Lipinski definition) is 1. The van der Waals surface area contributed by atoms with Crippen molar-refractivity contribution < 1.29 is 13.6 Å². The Balaban J connectivity index is 3.00. The molecular formula is C12H16F2N2O. The molecular weight excluding hydrogens is 226 g/mol. The molecule has 0 heterocycles. The van der Waals surface area contributed by atoms with Crippen molar-refractivity contribution in [2.45, 2.75) is 13.8 Å². The molecule has 0 spiro atoms. The summed E-state index contributed by atoms with van der Waals surface area (Å²) >= 11 is 0. The predicted molar refractivity (Wildman–Crippen MR) is 62.6 cm³/mol. The van der Waals surface area contributed by atoms with Crippen LogP contribution in [0.3, 0.4) is 0 Å². The third kappa shape index (κ3) is 3.15. The third-order valence-corrected chi connectivity index (χ3v) is 2.31. The van der Waals surface area contributed by atoms with Gasteiger partial charge in [-0.1, -0.05) is 13.8 Å². The van der Waals surface area contributed by atoms with Crippen LogP contribution in [0.1, 0.15) is 24.2 Å². The Morgan fingerprint density at radius 3 is 2.41 bits per heavy atom. The number of nitrogen functional groups attached to an aromatic ring is 1. The molecule has 0 aliphatic rings. The van der Waals surface area contributed by atoms with Crippen molar-refractivity contribution >= 4 is 11.6 Å². The lowest BCUT2D eigenvalue weighted by Gasteiger charge is -2.20. The fourth-order valence-electron chi connectivity index (χ4n) is 1.58. The van der Waals surface area contributed by atoms with E-state index in [1.807, 2.05) is 13.8 Å². The third-order valence-electron chi connectivity index (χ3n) is 2.31. The molecule has 2 N–H and O–H groups in total. The van der Waals surface area contributed by atoms with Crippen LogP contribution in [0.25, 0.3) is 0 Å². The summed E-state index contributed by atoms with van der Waals surface area (Å²) in [5.41, 5.74) is 5.45. The van der Waals surface area contributed by atoms with Crippen LogP contribution in [0, 0.1) is 17.6 Å². The number of nitrogens with zero attached hydrogens (tertiary/aromatic N) is 1. The fraction of sp³-hybridized carbons (Fsp3) is 0.417. The van der Waals surface area contributed by atoms with Gasteiger partial charge in [-0.2, -0.15) is 0 Å². The number of halogens is 2. The maximum absolute atomic E-state index is 13.0. The summed E-state index contributed by atoms with van der Waals surface area (Å²) in [7, 11) is 1.60. The number of carbonyl (C=O) groups is 1. The van der Waals surface area contributed by atoms with Gasteiger partial charge in [0.2, 0.25) is 0 Å². The Morgan fingerprint density at radius 1 is 1.35 bits per heavy atom. The molecule has 0 atom stereocenters. The molecule has 1 amide bonds. The van der Waals surface area contributed by atoms with E-state index in [2.05, 4.69) is 0 Å². The van der Waals surface area contributed by atoms with E-state index in [0.29, 0.717) is 6.54 Å². The summed E-state index contributed by atoms with van der Waals surface area (Å²) in [6.07, 6.45) is 0. The van der Waals surface area contributed by atoms with Crippen molar-refractivity contribution in [2.24, 2.45) is 5.92 Å². The molecule has 0 saturated heterocycles. The molecule has 1 aromatic rings. The summed E-state index contributed by atoms with van der Waals surface area (Å²) in [5.74, 6) is -2.24. The van der Waals surface area contributed by atoms with Crippen LogP contribution >= 0.6 is 0 Å². The van der Waals surface area contributed by atoms with E-state index in [9.17, 15) is 13.6 Å². The second-order valence-electron chi connectivity index (χ2n) is 4.43. The van der Waals surface area contributed by atoms with E-state index in [-0.39, 0.29) is 17.2 Å². The highest BCUT2D eigenvalue weighted by Crippen LogP contribution is 2.18. The first-order chi connectivity index (χ1) is 7.82. The number of nitrogens with two attached hydrogens (primary N) is 1. The largest absolute Gasteiger partial charge is 0.398 e. The molecule has 0 aliphatic heterocycles. The van der Waals surface area contributed by atoms with Crippen molar-refractivity contribution in [1.82, 2.24) is 4.90 Å². The molecule has 1 rings (SSSR count). The van der Waals surface area contributed by atoms with Gasteiger partial charge in [0.25, 0.3) is 5.91 Å². The van der Waals surface area contributed by atoms with Gasteiger partial charge < -0.3 is 10.6 Å². The van der Waals surface area contributed by atoms with Crippen molar-refractivity contribution in [2.75, 3.05) is 19.3 Å². The Hall–Kier alpha value is -1.65. The summed E-state index contributed by atoms with van der Waals surface area (Å²) < 4.78 is 25.9. The van der Waals surface area contributed by atoms with Crippen molar-refractivity contribution in [3.63, 3.8) is 0 Å². The van der Waals surface area contributed by atoms with Crippen LogP contribution in [0.15, 0.2) is 12.1 Å². The molecule has 0 aromatic heterocycles. The van der Waals surface area contributed by atoms with Gasteiger partial charge in [0.05, 0.1) is 5.56 Å². The molecule has 5 heteroatoms. The zero-order valence-electron chi connectivity index (χ0n) is 10.1. The fourth-order valence-corrected chi connectivity index (χ4v) is 1.58. The molecule has 94 valence electrons. The van der Waals surface area contributed by atoms with Gasteiger partial charge in [0.15, 0.2) is 11.6 Å². The van der Waals surface area contributed by atoms with Gasteiger partial charge in [0, 0.05) is 25.3 Å². The van der Waals surface area contributed by atoms with Crippen LogP contribution in [0.2, 0.25) is 0 Å². The van der Waals surface area contributed by atoms with Crippen LogP contribution < -0.4 is 5.73 Å². The molecule has 17 heavy (non-hydrogen) atoms. The van der Waals surface area contributed by atoms with E-state index in [1.54, 1.807) is 7.05 Å². The average molecular weight is 242 g/mol. The van der Waals surface area contributed by atoms with Crippen LogP contribution in [-0.2, 0) is 0 Å². The second kappa shape index (κ2) is 5.12. The molecule has 0 radical (unpaired) electrons. The normalized spacial score (nSPS) is 10.7. The standard InChI is InChI=1S/C12H16F2N2O/c1-7(2)6-16(3)12(17)8-4-9(13)10(14)5-11(8)15/h4-5,7H,6,15H2,1-3H3. The number of anilines is 1. The van der Waals surface area contributed by atoms with Crippen LogP contribution in [0.4, 0.5) is 14.5 Å². The zero-order chi connectivity index (χ0) is 13.2. The first-order valence-electron chi connectivity index (χ1n) is 5.33. The maximum atomic E-state index is 13.0. The molecule has 0 saturated carbocycles. The zero-order valence-corrected chi connectivity index (χ0v) is 10.1. The lowest BCUT2D eigenvalue weighted by molar-refractivity contribution is 0.0779. The summed E-state index contributed by atoms with van der Waals surface area (Å²) in [5, 5.41) is 0. The van der Waals surface area contributed by atoms with E-state index >= 15 is 0 Å². The van der Waals surface area contributed by atoms with Gasteiger partial charge in [-0.3, -0.25) is 4.79 Å². The Kier molecular flexibility index (Phi) is 4.04. The minimum Gasteiger partial charge on any atom is -0.398 e.